The summed E-state index contributed by atoms with van der Waals surface area (Å²) in [5, 5.41) is 0. The minimum atomic E-state index is -4.85. The van der Waals surface area contributed by atoms with Crippen LogP contribution in [0.4, 0.5) is 26.3 Å². The van der Waals surface area contributed by atoms with Crippen LogP contribution in [0.1, 0.15) is 6.92 Å². The smallest absolute Gasteiger partial charge is 0.422 e. The van der Waals surface area contributed by atoms with E-state index in [4.69, 9.17) is 6.42 Å². The Morgan fingerprint density at radius 2 is 1.33 bits per heavy atom. The molecule has 0 aliphatic heterocycles. The quantitative estimate of drug-likeness (QED) is 0.337. The van der Waals surface area contributed by atoms with Gasteiger partial charge in [0.15, 0.2) is 19.1 Å². The molecule has 10 heteroatoms. The van der Waals surface area contributed by atoms with Gasteiger partial charge in [-0.2, -0.15) is 26.3 Å². The normalized spacial score (nSPS) is 13.5. The number of carbonyl (C=O) groups is 2. The van der Waals surface area contributed by atoms with E-state index in [-0.39, 0.29) is 0 Å². The maximum absolute atomic E-state index is 11.9. The number of alkyl halides is 6. The molecule has 0 rings (SSSR count). The molecule has 0 amide bonds. The Bertz CT molecular complexity index is 390. The van der Waals surface area contributed by atoms with Crippen molar-refractivity contribution in [2.45, 2.75) is 19.3 Å². The summed E-state index contributed by atoms with van der Waals surface area (Å²) in [4.78, 5) is 22.7. The predicted octanol–water partition coefficient (Wildman–Crippen LogP) is 2.08. The van der Waals surface area contributed by atoms with Gasteiger partial charge < -0.3 is 9.47 Å². The maximum atomic E-state index is 11.9. The second-order valence-corrected chi connectivity index (χ2v) is 3.88. The van der Waals surface area contributed by atoms with Gasteiger partial charge in [0.25, 0.3) is 0 Å². The highest BCUT2D eigenvalue weighted by atomic mass is 19.4. The first-order chi connectivity index (χ1) is 9.37. The van der Waals surface area contributed by atoms with Crippen LogP contribution in [-0.4, -0.2) is 37.5 Å². The summed E-state index contributed by atoms with van der Waals surface area (Å²) in [5.74, 6) is -4.92. The number of terminal acetylenes is 1. The second kappa shape index (κ2) is 7.19. The van der Waals surface area contributed by atoms with Crippen molar-refractivity contribution in [1.29, 1.82) is 0 Å². The molecular weight excluding hydrogens is 310 g/mol. The van der Waals surface area contributed by atoms with E-state index in [1.54, 1.807) is 0 Å². The fraction of sp³-hybridized carbons (Fsp3) is 0.636. The van der Waals surface area contributed by atoms with Gasteiger partial charge >= 0.3 is 24.3 Å². The Labute approximate surface area is 115 Å². The van der Waals surface area contributed by atoms with Crippen LogP contribution in [0.3, 0.4) is 0 Å². The third-order valence-corrected chi connectivity index (χ3v) is 2.03. The molecule has 0 N–H and O–H groups in total. The summed E-state index contributed by atoms with van der Waals surface area (Å²) >= 11 is 0. The first kappa shape index (κ1) is 19.1. The lowest BCUT2D eigenvalue weighted by molar-refractivity contribution is -0.200. The number of halogens is 6. The fourth-order valence-corrected chi connectivity index (χ4v) is 1.09. The highest BCUT2D eigenvalue weighted by molar-refractivity contribution is 5.95. The van der Waals surface area contributed by atoms with Crippen LogP contribution in [0.5, 0.6) is 0 Å². The zero-order chi connectivity index (χ0) is 16.8. The molecule has 1 unspecified atom stereocenters. The Kier molecular flexibility index (Phi) is 6.53. The molecule has 0 bridgehead atoms. The number of carbonyl (C=O) groups excluding carboxylic acids is 2. The summed E-state index contributed by atoms with van der Waals surface area (Å²) in [6.07, 6.45) is -4.80. The molecule has 0 aromatic carbocycles. The minimum Gasteiger partial charge on any atom is -0.455 e. The highest BCUT2D eigenvalue weighted by Gasteiger charge is 2.39. The molecule has 0 aromatic rings. The first-order valence-corrected chi connectivity index (χ1v) is 5.30. The third-order valence-electron chi connectivity index (χ3n) is 2.03. The molecule has 120 valence electrons. The van der Waals surface area contributed by atoms with Crippen molar-refractivity contribution in [1.82, 2.24) is 0 Å². The Morgan fingerprint density at radius 3 is 1.57 bits per heavy atom. The molecule has 0 aliphatic rings. The summed E-state index contributed by atoms with van der Waals surface area (Å²) < 4.78 is 78.9. The lowest BCUT2D eigenvalue weighted by atomic mass is 9.95. The van der Waals surface area contributed by atoms with Crippen LogP contribution in [-0.2, 0) is 19.1 Å². The lowest BCUT2D eigenvalue weighted by Gasteiger charge is -2.18. The van der Waals surface area contributed by atoms with Crippen molar-refractivity contribution in [3.8, 4) is 12.3 Å². The standard InChI is InChI=1S/C11H10F6O4/c1-3-6(2)7(8(18)20-4-10(12,13)14)9(19)21-5-11(15,16)17/h1,6-7H,4-5H2,2H3. The Morgan fingerprint density at radius 1 is 1.00 bits per heavy atom. The van der Waals surface area contributed by atoms with Gasteiger partial charge in [-0.15, -0.1) is 12.3 Å². The van der Waals surface area contributed by atoms with Gasteiger partial charge in [0, 0.05) is 5.92 Å². The maximum Gasteiger partial charge on any atom is 0.422 e. The van der Waals surface area contributed by atoms with Gasteiger partial charge in [0.2, 0.25) is 0 Å². The Balaban J connectivity index is 4.84. The summed E-state index contributed by atoms with van der Waals surface area (Å²) in [6.45, 7) is -2.91. The van der Waals surface area contributed by atoms with Crippen molar-refractivity contribution in [2.75, 3.05) is 13.2 Å². The summed E-state index contributed by atoms with van der Waals surface area (Å²) in [7, 11) is 0. The molecule has 0 aromatic heterocycles. The van der Waals surface area contributed by atoms with Gasteiger partial charge in [0.05, 0.1) is 0 Å². The SMILES string of the molecule is C#CC(C)C(C(=O)OCC(F)(F)F)C(=O)OCC(F)(F)F. The molecule has 4 nitrogen and oxygen atoms in total. The van der Waals surface area contributed by atoms with Gasteiger partial charge in [-0.25, -0.2) is 0 Å². The second-order valence-electron chi connectivity index (χ2n) is 3.88. The summed E-state index contributed by atoms with van der Waals surface area (Å²) in [5.41, 5.74) is 0. The van der Waals surface area contributed by atoms with E-state index < -0.39 is 49.3 Å². The van der Waals surface area contributed by atoms with E-state index in [9.17, 15) is 35.9 Å². The van der Waals surface area contributed by atoms with Crippen LogP contribution in [0, 0.1) is 24.2 Å². The first-order valence-electron chi connectivity index (χ1n) is 5.30. The lowest BCUT2D eigenvalue weighted by Crippen LogP contribution is -2.36. The zero-order valence-corrected chi connectivity index (χ0v) is 10.5. The predicted molar refractivity (Wildman–Crippen MR) is 55.5 cm³/mol. The van der Waals surface area contributed by atoms with Crippen molar-refractivity contribution < 1.29 is 45.4 Å². The van der Waals surface area contributed by atoms with E-state index in [0.717, 1.165) is 6.92 Å². The zero-order valence-electron chi connectivity index (χ0n) is 10.5. The van der Waals surface area contributed by atoms with Crippen molar-refractivity contribution in [3.05, 3.63) is 0 Å². The van der Waals surface area contributed by atoms with Crippen LogP contribution in [0.2, 0.25) is 0 Å². The average molecular weight is 320 g/mol. The molecule has 0 radical (unpaired) electrons. The largest absolute Gasteiger partial charge is 0.455 e. The average Bonchev–Trinajstić information content (AvgIpc) is 2.32. The van der Waals surface area contributed by atoms with Gasteiger partial charge in [-0.1, -0.05) is 0 Å². The van der Waals surface area contributed by atoms with Crippen molar-refractivity contribution >= 4 is 11.9 Å². The van der Waals surface area contributed by atoms with Crippen LogP contribution in [0.25, 0.3) is 0 Å². The number of ether oxygens (including phenoxy) is 2. The molecule has 0 heterocycles. The highest BCUT2D eigenvalue weighted by Crippen LogP contribution is 2.21. The van der Waals surface area contributed by atoms with E-state index in [1.807, 2.05) is 5.92 Å². The van der Waals surface area contributed by atoms with Gasteiger partial charge in [-0.3, -0.25) is 9.59 Å². The number of hydrogen-bond donors (Lipinski definition) is 0. The van der Waals surface area contributed by atoms with Crippen molar-refractivity contribution in [3.63, 3.8) is 0 Å². The molecule has 0 saturated carbocycles. The summed E-state index contributed by atoms with van der Waals surface area (Å²) in [6, 6.07) is 0. The molecule has 0 fully saturated rings. The van der Waals surface area contributed by atoms with E-state index in [1.165, 1.54) is 0 Å². The molecule has 0 spiro atoms. The third kappa shape index (κ3) is 8.06. The van der Waals surface area contributed by atoms with E-state index in [2.05, 4.69) is 9.47 Å². The van der Waals surface area contributed by atoms with Crippen LogP contribution in [0.15, 0.2) is 0 Å². The molecule has 21 heavy (non-hydrogen) atoms. The van der Waals surface area contributed by atoms with Crippen molar-refractivity contribution in [2.24, 2.45) is 11.8 Å². The van der Waals surface area contributed by atoms with Crippen LogP contribution < -0.4 is 0 Å². The van der Waals surface area contributed by atoms with Gasteiger partial charge in [-0.05, 0) is 6.92 Å². The number of esters is 2. The molecular formula is C11H10F6O4. The van der Waals surface area contributed by atoms with E-state index >= 15 is 0 Å². The molecule has 0 aliphatic carbocycles. The number of hydrogen-bond acceptors (Lipinski definition) is 4. The van der Waals surface area contributed by atoms with Crippen LogP contribution >= 0.6 is 0 Å². The van der Waals surface area contributed by atoms with E-state index in [0.29, 0.717) is 0 Å². The topological polar surface area (TPSA) is 52.6 Å². The monoisotopic (exact) mass is 320 g/mol. The Hall–Kier alpha value is -1.92. The molecule has 1 atom stereocenters. The molecule has 0 saturated heterocycles. The van der Waals surface area contributed by atoms with Gasteiger partial charge in [0.1, 0.15) is 0 Å². The minimum absolute atomic E-state index is 1.08. The fourth-order valence-electron chi connectivity index (χ4n) is 1.09. The number of rotatable bonds is 5.